The second-order valence-electron chi connectivity index (χ2n) is 11.2. The summed E-state index contributed by atoms with van der Waals surface area (Å²) < 4.78 is 37.3. The fourth-order valence-electron chi connectivity index (χ4n) is 5.77. The average molecular weight is 683 g/mol. The second-order valence-corrected chi connectivity index (χ2v) is 12.0. The SMILES string of the molecule is FB(F)n1c(C(/C=C/C=C2C=C(c3ccccc3)OC(c3ccccc3)=C2)=C2\C=C(Cl)C(c3ccccc3)=N2)cc(Cl)c1-c1ccccc1. The minimum absolute atomic E-state index is 0.196. The lowest BCUT2D eigenvalue weighted by Crippen LogP contribution is -2.17. The van der Waals surface area contributed by atoms with Crippen molar-refractivity contribution < 1.29 is 13.4 Å². The van der Waals surface area contributed by atoms with E-state index < -0.39 is 7.40 Å². The number of allylic oxidation sites excluding steroid dienone is 9. The number of halogens is 4. The van der Waals surface area contributed by atoms with Crippen molar-refractivity contribution in [2.45, 2.75) is 0 Å². The third-order valence-electron chi connectivity index (χ3n) is 8.04. The van der Waals surface area contributed by atoms with E-state index in [9.17, 15) is 0 Å². The molecule has 0 amide bonds. The summed E-state index contributed by atoms with van der Waals surface area (Å²) in [5.41, 5.74) is 5.92. The quantitative estimate of drug-likeness (QED) is 0.150. The van der Waals surface area contributed by atoms with Gasteiger partial charge >= 0.3 is 7.40 Å². The monoisotopic (exact) mass is 682 g/mol. The lowest BCUT2D eigenvalue weighted by molar-refractivity contribution is 0.467. The molecule has 0 spiro atoms. The van der Waals surface area contributed by atoms with E-state index in [1.807, 2.05) is 121 Å². The van der Waals surface area contributed by atoms with Crippen molar-refractivity contribution in [2.75, 3.05) is 0 Å². The molecule has 0 radical (unpaired) electrons. The van der Waals surface area contributed by atoms with Crippen LogP contribution in [0.15, 0.2) is 185 Å². The van der Waals surface area contributed by atoms with Crippen molar-refractivity contribution in [1.82, 2.24) is 4.48 Å². The topological polar surface area (TPSA) is 26.5 Å². The van der Waals surface area contributed by atoms with Crippen LogP contribution in [0.5, 0.6) is 0 Å². The predicted molar refractivity (Wildman–Crippen MR) is 199 cm³/mol. The van der Waals surface area contributed by atoms with Gasteiger partial charge in [-0.1, -0.05) is 163 Å². The summed E-state index contributed by atoms with van der Waals surface area (Å²) in [6, 6.07) is 39.7. The van der Waals surface area contributed by atoms with Crippen LogP contribution in [0, 0.1) is 0 Å². The number of hydrogen-bond donors (Lipinski definition) is 0. The minimum Gasteiger partial charge on any atom is -0.456 e. The van der Waals surface area contributed by atoms with Crippen LogP contribution in [-0.2, 0) is 4.74 Å². The van der Waals surface area contributed by atoms with Crippen LogP contribution in [0.1, 0.15) is 22.4 Å². The molecule has 2 aliphatic heterocycles. The molecule has 0 saturated heterocycles. The van der Waals surface area contributed by atoms with Crippen molar-refractivity contribution in [2.24, 2.45) is 4.99 Å². The summed E-state index contributed by atoms with van der Waals surface area (Å²) in [5, 5.41) is 0.604. The molecular weight excluding hydrogens is 656 g/mol. The summed E-state index contributed by atoms with van der Waals surface area (Å²) in [6.45, 7) is 0. The van der Waals surface area contributed by atoms with Crippen LogP contribution < -0.4 is 0 Å². The van der Waals surface area contributed by atoms with Gasteiger partial charge in [0, 0.05) is 28.0 Å². The van der Waals surface area contributed by atoms with Crippen molar-refractivity contribution >= 4 is 53.4 Å². The Morgan fingerprint density at radius 1 is 0.673 bits per heavy atom. The molecule has 5 aromatic rings. The second kappa shape index (κ2) is 14.4. The lowest BCUT2D eigenvalue weighted by atomic mass is 10.0. The molecule has 238 valence electrons. The van der Waals surface area contributed by atoms with Gasteiger partial charge in [-0.2, -0.15) is 0 Å². The van der Waals surface area contributed by atoms with E-state index in [0.717, 1.165) is 26.7 Å². The number of hydrogen-bond acceptors (Lipinski definition) is 2. The highest BCUT2D eigenvalue weighted by molar-refractivity contribution is 6.47. The van der Waals surface area contributed by atoms with Gasteiger partial charge in [-0.25, -0.2) is 4.99 Å². The van der Waals surface area contributed by atoms with Crippen LogP contribution in [0.4, 0.5) is 8.63 Å². The Kier molecular flexibility index (Phi) is 9.42. The van der Waals surface area contributed by atoms with Gasteiger partial charge in [0.05, 0.1) is 27.2 Å². The van der Waals surface area contributed by atoms with E-state index in [0.29, 0.717) is 39.1 Å². The molecule has 4 aromatic carbocycles. The Balaban J connectivity index is 1.38. The largest absolute Gasteiger partial charge is 0.678 e. The van der Waals surface area contributed by atoms with Crippen LogP contribution in [0.2, 0.25) is 5.02 Å². The molecule has 8 heteroatoms. The molecule has 7 rings (SSSR count). The Morgan fingerprint density at radius 2 is 1.18 bits per heavy atom. The zero-order valence-corrected chi connectivity index (χ0v) is 27.5. The molecule has 3 nitrogen and oxygen atoms in total. The summed E-state index contributed by atoms with van der Waals surface area (Å²) in [6.07, 6.45) is 11.1. The Morgan fingerprint density at radius 3 is 1.71 bits per heavy atom. The summed E-state index contributed by atoms with van der Waals surface area (Å²) in [4.78, 5) is 4.85. The minimum atomic E-state index is -2.89. The molecule has 2 aliphatic rings. The zero-order chi connectivity index (χ0) is 33.7. The maximum atomic E-state index is 15.0. The summed E-state index contributed by atoms with van der Waals surface area (Å²) >= 11 is 13.4. The van der Waals surface area contributed by atoms with E-state index >= 15 is 8.63 Å². The van der Waals surface area contributed by atoms with Gasteiger partial charge in [-0.3, -0.25) is 8.63 Å². The highest BCUT2D eigenvalue weighted by Crippen LogP contribution is 2.39. The first kappa shape index (κ1) is 32.1. The number of nitrogens with zero attached hydrogens (tertiary/aromatic N) is 2. The molecule has 0 fully saturated rings. The Bertz CT molecular complexity index is 2160. The molecule has 1 aromatic heterocycles. The maximum absolute atomic E-state index is 15.0. The third-order valence-corrected chi connectivity index (χ3v) is 8.61. The van der Waals surface area contributed by atoms with Crippen molar-refractivity contribution in [3.63, 3.8) is 0 Å². The van der Waals surface area contributed by atoms with Gasteiger partial charge in [0.25, 0.3) is 0 Å². The Labute approximate surface area is 294 Å². The van der Waals surface area contributed by atoms with Crippen LogP contribution >= 0.6 is 23.2 Å². The zero-order valence-electron chi connectivity index (χ0n) is 26.0. The highest BCUT2D eigenvalue weighted by Gasteiger charge is 2.30. The van der Waals surface area contributed by atoms with Gasteiger partial charge in [0.15, 0.2) is 0 Å². The number of rotatable bonds is 8. The van der Waals surface area contributed by atoms with Crippen LogP contribution in [-0.4, -0.2) is 17.6 Å². The first-order chi connectivity index (χ1) is 24.0. The van der Waals surface area contributed by atoms with Gasteiger partial charge in [0.1, 0.15) is 11.5 Å². The van der Waals surface area contributed by atoms with Gasteiger partial charge < -0.3 is 9.21 Å². The number of aliphatic imine (C=N–C) groups is 1. The fourth-order valence-corrected chi connectivity index (χ4v) is 6.33. The maximum Gasteiger partial charge on any atom is 0.678 e. The van der Waals surface area contributed by atoms with Crippen LogP contribution in [0.25, 0.3) is 28.3 Å². The normalized spacial score (nSPS) is 15.3. The summed E-state index contributed by atoms with van der Waals surface area (Å²) in [5.74, 6) is 1.38. The molecule has 0 unspecified atom stereocenters. The summed E-state index contributed by atoms with van der Waals surface area (Å²) in [7, 11) is -2.89. The van der Waals surface area contributed by atoms with Crippen molar-refractivity contribution in [3.05, 3.63) is 208 Å². The predicted octanol–water partition coefficient (Wildman–Crippen LogP) is 11.5. The third kappa shape index (κ3) is 6.93. The number of ether oxygens (including phenoxy) is 1. The molecule has 0 aliphatic carbocycles. The van der Waals surface area contributed by atoms with Gasteiger partial charge in [-0.05, 0) is 35.4 Å². The molecule has 0 saturated carbocycles. The molecule has 0 N–H and O–H groups in total. The molecule has 0 atom stereocenters. The van der Waals surface area contributed by atoms with Crippen molar-refractivity contribution in [3.8, 4) is 11.3 Å². The smallest absolute Gasteiger partial charge is 0.456 e. The van der Waals surface area contributed by atoms with Gasteiger partial charge in [0.2, 0.25) is 0 Å². The molecule has 49 heavy (non-hydrogen) atoms. The number of aromatic nitrogens is 1. The van der Waals surface area contributed by atoms with E-state index in [1.54, 1.807) is 42.5 Å². The molecule has 0 bridgehead atoms. The first-order valence-electron chi connectivity index (χ1n) is 15.6. The number of benzene rings is 4. The first-order valence-corrected chi connectivity index (χ1v) is 16.3. The molecule has 3 heterocycles. The molecular formula is C41H27BCl2F2N2O. The standard InChI is InChI=1S/C41H27BCl2F2N2O/c43-34-26-36(47-40(34)31-19-9-3-10-20-31)33(37-27-35(44)41(48(37)42(45)46)32-21-11-4-12-22-32)23-13-14-28-24-38(29-15-5-1-6-16-29)49-39(25-28)30-17-7-2-8-18-30/h1-27H/b23-13+,36-33+. The van der Waals surface area contributed by atoms with Gasteiger partial charge in [-0.15, -0.1) is 0 Å². The highest BCUT2D eigenvalue weighted by atomic mass is 35.5. The van der Waals surface area contributed by atoms with E-state index in [1.165, 1.54) is 0 Å². The average Bonchev–Trinajstić information content (AvgIpc) is 3.70. The fraction of sp³-hybridized carbons (Fsp3) is 0. The van der Waals surface area contributed by atoms with E-state index in [2.05, 4.69) is 0 Å². The van der Waals surface area contributed by atoms with Crippen LogP contribution in [0.3, 0.4) is 0 Å². The Hall–Kier alpha value is -5.43. The lowest BCUT2D eigenvalue weighted by Gasteiger charge is -2.19. The van der Waals surface area contributed by atoms with E-state index in [-0.39, 0.29) is 16.4 Å². The van der Waals surface area contributed by atoms with Crippen molar-refractivity contribution in [1.29, 1.82) is 0 Å². The van der Waals surface area contributed by atoms with E-state index in [4.69, 9.17) is 32.9 Å².